The molecule has 1 fully saturated rings. The first-order chi connectivity index (χ1) is 8.11. The van der Waals surface area contributed by atoms with E-state index in [4.69, 9.17) is 5.84 Å². The molecule has 1 aliphatic carbocycles. The third kappa shape index (κ3) is 2.48. The Morgan fingerprint density at radius 3 is 2.82 bits per heavy atom. The van der Waals surface area contributed by atoms with Gasteiger partial charge >= 0.3 is 0 Å². The number of nitrogens with zero attached hydrogens (tertiary/aromatic N) is 3. The second-order valence-corrected chi connectivity index (χ2v) is 4.69. The van der Waals surface area contributed by atoms with Crippen LogP contribution in [0.1, 0.15) is 18.4 Å². The van der Waals surface area contributed by atoms with Crippen molar-refractivity contribution in [3.8, 4) is 0 Å². The number of nitrogen functional groups attached to an aromatic ring is 1. The number of nitrogens with one attached hydrogen (secondary N) is 1. The minimum Gasteiger partial charge on any atom is -0.393 e. The predicted octanol–water partition coefficient (Wildman–Crippen LogP) is 0.278. The molecule has 1 saturated carbocycles. The third-order valence-corrected chi connectivity index (χ3v) is 3.30. The monoisotopic (exact) mass is 237 g/mol. The van der Waals surface area contributed by atoms with Crippen LogP contribution in [0.15, 0.2) is 6.33 Å². The summed E-state index contributed by atoms with van der Waals surface area (Å²) in [5.74, 6) is 7.47. The number of aliphatic hydroxyl groups excluding tert-OH is 1. The molecule has 0 atom stereocenters. The van der Waals surface area contributed by atoms with Gasteiger partial charge in [0.2, 0.25) is 0 Å². The van der Waals surface area contributed by atoms with Crippen LogP contribution in [-0.4, -0.2) is 34.8 Å². The van der Waals surface area contributed by atoms with Crippen LogP contribution in [0.4, 0.5) is 11.6 Å². The van der Waals surface area contributed by atoms with Gasteiger partial charge in [0.05, 0.1) is 6.10 Å². The summed E-state index contributed by atoms with van der Waals surface area (Å²) in [7, 11) is 2.00. The van der Waals surface area contributed by atoms with Gasteiger partial charge < -0.3 is 15.4 Å². The van der Waals surface area contributed by atoms with Crippen LogP contribution in [0.3, 0.4) is 0 Å². The molecule has 0 radical (unpaired) electrons. The molecule has 17 heavy (non-hydrogen) atoms. The summed E-state index contributed by atoms with van der Waals surface area (Å²) in [4.78, 5) is 10.4. The molecule has 0 amide bonds. The maximum Gasteiger partial charge on any atom is 0.148 e. The van der Waals surface area contributed by atoms with Crippen molar-refractivity contribution in [3.63, 3.8) is 0 Å². The summed E-state index contributed by atoms with van der Waals surface area (Å²) in [6, 6.07) is 0. The fourth-order valence-corrected chi connectivity index (χ4v) is 2.29. The van der Waals surface area contributed by atoms with Crippen molar-refractivity contribution in [2.45, 2.75) is 25.9 Å². The van der Waals surface area contributed by atoms with Crippen LogP contribution in [0.5, 0.6) is 0 Å². The van der Waals surface area contributed by atoms with E-state index in [2.05, 4.69) is 20.3 Å². The number of hydrogen-bond acceptors (Lipinski definition) is 6. The SMILES string of the molecule is Cc1c(NN)ncnc1N(C)CC1CC(O)C1. The Balaban J connectivity index is 2.05. The van der Waals surface area contributed by atoms with Gasteiger partial charge in [-0.25, -0.2) is 15.8 Å². The van der Waals surface area contributed by atoms with E-state index in [9.17, 15) is 5.11 Å². The first kappa shape index (κ1) is 12.1. The number of aliphatic hydroxyl groups is 1. The lowest BCUT2D eigenvalue weighted by Gasteiger charge is -2.35. The van der Waals surface area contributed by atoms with E-state index in [1.807, 2.05) is 14.0 Å². The summed E-state index contributed by atoms with van der Waals surface area (Å²) in [5.41, 5.74) is 3.50. The predicted molar refractivity (Wildman–Crippen MR) is 66.6 cm³/mol. The van der Waals surface area contributed by atoms with Crippen LogP contribution < -0.4 is 16.2 Å². The summed E-state index contributed by atoms with van der Waals surface area (Å²) in [6.45, 7) is 2.84. The summed E-state index contributed by atoms with van der Waals surface area (Å²) in [6.07, 6.45) is 3.16. The van der Waals surface area contributed by atoms with E-state index < -0.39 is 0 Å². The maximum atomic E-state index is 9.27. The van der Waals surface area contributed by atoms with Gasteiger partial charge in [-0.1, -0.05) is 0 Å². The Labute approximate surface area is 101 Å². The Bertz CT molecular complexity index is 391. The van der Waals surface area contributed by atoms with Gasteiger partial charge in [-0.3, -0.25) is 0 Å². The fraction of sp³-hybridized carbons (Fsp3) is 0.636. The molecule has 1 aromatic rings. The zero-order valence-corrected chi connectivity index (χ0v) is 10.2. The lowest BCUT2D eigenvalue weighted by Crippen LogP contribution is -2.37. The second kappa shape index (κ2) is 4.85. The molecule has 4 N–H and O–H groups in total. The van der Waals surface area contributed by atoms with Crippen LogP contribution in [-0.2, 0) is 0 Å². The van der Waals surface area contributed by atoms with Crippen LogP contribution >= 0.6 is 0 Å². The molecular weight excluding hydrogens is 218 g/mol. The van der Waals surface area contributed by atoms with E-state index in [0.29, 0.717) is 11.7 Å². The molecule has 6 heteroatoms. The Kier molecular flexibility index (Phi) is 3.44. The van der Waals surface area contributed by atoms with Crippen molar-refractivity contribution in [3.05, 3.63) is 11.9 Å². The molecule has 1 heterocycles. The van der Waals surface area contributed by atoms with Gasteiger partial charge in [0, 0.05) is 19.2 Å². The van der Waals surface area contributed by atoms with Crippen molar-refractivity contribution < 1.29 is 5.11 Å². The Hall–Kier alpha value is -1.40. The minimum absolute atomic E-state index is 0.110. The maximum absolute atomic E-state index is 9.27. The quantitative estimate of drug-likeness (QED) is 0.515. The zero-order chi connectivity index (χ0) is 12.4. The number of aromatic nitrogens is 2. The van der Waals surface area contributed by atoms with Crippen molar-refractivity contribution in [2.24, 2.45) is 11.8 Å². The number of rotatable bonds is 4. The molecule has 0 spiro atoms. The van der Waals surface area contributed by atoms with E-state index in [1.165, 1.54) is 6.33 Å². The Morgan fingerprint density at radius 2 is 2.24 bits per heavy atom. The van der Waals surface area contributed by atoms with Gasteiger partial charge in [-0.05, 0) is 25.7 Å². The molecule has 2 rings (SSSR count). The van der Waals surface area contributed by atoms with Crippen LogP contribution in [0.2, 0.25) is 0 Å². The van der Waals surface area contributed by atoms with E-state index in [-0.39, 0.29) is 6.10 Å². The summed E-state index contributed by atoms with van der Waals surface area (Å²) >= 11 is 0. The van der Waals surface area contributed by atoms with E-state index in [1.54, 1.807) is 0 Å². The summed E-state index contributed by atoms with van der Waals surface area (Å²) in [5, 5.41) is 9.27. The average molecular weight is 237 g/mol. The van der Waals surface area contributed by atoms with Crippen molar-refractivity contribution in [2.75, 3.05) is 23.9 Å². The second-order valence-electron chi connectivity index (χ2n) is 4.69. The van der Waals surface area contributed by atoms with Gasteiger partial charge in [0.1, 0.15) is 18.0 Å². The minimum atomic E-state index is -0.110. The van der Waals surface area contributed by atoms with E-state index in [0.717, 1.165) is 30.8 Å². The smallest absolute Gasteiger partial charge is 0.148 e. The molecule has 6 nitrogen and oxygen atoms in total. The highest BCUT2D eigenvalue weighted by atomic mass is 16.3. The molecule has 0 unspecified atom stereocenters. The van der Waals surface area contributed by atoms with Gasteiger partial charge in [0.15, 0.2) is 0 Å². The zero-order valence-electron chi connectivity index (χ0n) is 10.2. The van der Waals surface area contributed by atoms with Crippen LogP contribution in [0.25, 0.3) is 0 Å². The van der Waals surface area contributed by atoms with Gasteiger partial charge in [-0.2, -0.15) is 0 Å². The Morgan fingerprint density at radius 1 is 1.53 bits per heavy atom. The number of hydrogen-bond donors (Lipinski definition) is 3. The third-order valence-electron chi connectivity index (χ3n) is 3.30. The number of anilines is 2. The summed E-state index contributed by atoms with van der Waals surface area (Å²) < 4.78 is 0. The normalized spacial score (nSPS) is 23.1. The van der Waals surface area contributed by atoms with Crippen molar-refractivity contribution >= 4 is 11.6 Å². The lowest BCUT2D eigenvalue weighted by molar-refractivity contribution is 0.0464. The molecule has 0 aromatic carbocycles. The molecule has 94 valence electrons. The van der Waals surface area contributed by atoms with Gasteiger partial charge in [0.25, 0.3) is 0 Å². The van der Waals surface area contributed by atoms with Crippen molar-refractivity contribution in [1.29, 1.82) is 0 Å². The largest absolute Gasteiger partial charge is 0.393 e. The molecule has 0 aliphatic heterocycles. The number of hydrazine groups is 1. The van der Waals surface area contributed by atoms with Crippen molar-refractivity contribution in [1.82, 2.24) is 9.97 Å². The number of nitrogens with two attached hydrogens (primary N) is 1. The highest BCUT2D eigenvalue weighted by Gasteiger charge is 2.28. The first-order valence-electron chi connectivity index (χ1n) is 5.79. The molecule has 1 aliphatic rings. The first-order valence-corrected chi connectivity index (χ1v) is 5.79. The van der Waals surface area contributed by atoms with Crippen LogP contribution in [0, 0.1) is 12.8 Å². The van der Waals surface area contributed by atoms with Gasteiger partial charge in [-0.15, -0.1) is 0 Å². The molecular formula is C11H19N5O. The highest BCUT2D eigenvalue weighted by Crippen LogP contribution is 2.29. The lowest BCUT2D eigenvalue weighted by atomic mass is 9.82. The standard InChI is InChI=1S/C11H19N5O/c1-7-10(15-12)13-6-14-11(7)16(2)5-8-3-9(17)4-8/h6,8-9,17H,3-5,12H2,1-2H3,(H,13,14,15). The molecule has 1 aromatic heterocycles. The highest BCUT2D eigenvalue weighted by molar-refractivity contribution is 5.56. The average Bonchev–Trinajstić information content (AvgIpc) is 2.27. The molecule has 0 saturated heterocycles. The topological polar surface area (TPSA) is 87.3 Å². The van der Waals surface area contributed by atoms with E-state index >= 15 is 0 Å². The molecule has 0 bridgehead atoms. The fourth-order valence-electron chi connectivity index (χ4n) is 2.29.